The van der Waals surface area contributed by atoms with Crippen LogP contribution in [-0.2, 0) is 11.8 Å². The number of furan rings is 1. The molecule has 0 aromatic carbocycles. The van der Waals surface area contributed by atoms with E-state index in [2.05, 4.69) is 29.4 Å². The molecule has 0 spiro atoms. The molecule has 2 aromatic rings. The number of thioether (sulfide) groups is 1. The van der Waals surface area contributed by atoms with Crippen LogP contribution in [0.25, 0.3) is 11.4 Å². The van der Waals surface area contributed by atoms with Crippen LogP contribution in [0.1, 0.15) is 45.8 Å². The van der Waals surface area contributed by atoms with Gasteiger partial charge in [-0.1, -0.05) is 38.5 Å². The molecule has 0 radical (unpaired) electrons. The van der Waals surface area contributed by atoms with Crippen molar-refractivity contribution >= 4 is 17.7 Å². The summed E-state index contributed by atoms with van der Waals surface area (Å²) in [4.78, 5) is 12.7. The summed E-state index contributed by atoms with van der Waals surface area (Å²) in [6.07, 6.45) is 5.17. The van der Waals surface area contributed by atoms with E-state index in [0.29, 0.717) is 11.8 Å². The van der Waals surface area contributed by atoms with Gasteiger partial charge in [0.05, 0.1) is 17.1 Å². The fourth-order valence-electron chi connectivity index (χ4n) is 3.57. The fraction of sp³-hybridized carbons (Fsp3) is 0.632. The van der Waals surface area contributed by atoms with Crippen molar-refractivity contribution in [2.24, 2.45) is 18.9 Å². The summed E-state index contributed by atoms with van der Waals surface area (Å²) in [6.45, 7) is 8.35. The van der Waals surface area contributed by atoms with Gasteiger partial charge in [0.2, 0.25) is 5.91 Å². The monoisotopic (exact) mass is 376 g/mol. The molecule has 0 aliphatic heterocycles. The summed E-state index contributed by atoms with van der Waals surface area (Å²) < 4.78 is 7.27. The molecule has 4 atom stereocenters. The van der Waals surface area contributed by atoms with Crippen LogP contribution < -0.4 is 5.32 Å². The maximum Gasteiger partial charge on any atom is 0.233 e. The second kappa shape index (κ2) is 7.86. The predicted molar refractivity (Wildman–Crippen MR) is 103 cm³/mol. The molecule has 6 nitrogen and oxygen atoms in total. The van der Waals surface area contributed by atoms with Gasteiger partial charge in [-0.2, -0.15) is 0 Å². The Morgan fingerprint density at radius 2 is 2.15 bits per heavy atom. The summed E-state index contributed by atoms with van der Waals surface area (Å²) in [5.41, 5.74) is 0.925. The number of amides is 1. The van der Waals surface area contributed by atoms with E-state index in [4.69, 9.17) is 4.42 Å². The van der Waals surface area contributed by atoms with Crippen molar-refractivity contribution in [3.05, 3.63) is 18.1 Å². The molecule has 7 heteroatoms. The van der Waals surface area contributed by atoms with E-state index in [1.54, 1.807) is 6.26 Å². The van der Waals surface area contributed by atoms with Crippen LogP contribution in [-0.4, -0.2) is 32.0 Å². The van der Waals surface area contributed by atoms with Crippen LogP contribution in [0.2, 0.25) is 0 Å². The Labute approximate surface area is 159 Å². The second-order valence-electron chi connectivity index (χ2n) is 7.40. The highest BCUT2D eigenvalue weighted by Gasteiger charge is 2.30. The molecule has 0 unspecified atom stereocenters. The Balaban J connectivity index is 1.65. The van der Waals surface area contributed by atoms with E-state index in [9.17, 15) is 4.79 Å². The highest BCUT2D eigenvalue weighted by Crippen LogP contribution is 2.31. The SMILES string of the molecule is Cc1occc1-c1nnc(S[C@@H](C)C(=O)N[C@H]2CCC[C@H](C)[C@@H]2C)n1C. The first kappa shape index (κ1) is 19.0. The predicted octanol–water partition coefficient (Wildman–Crippen LogP) is 3.81. The molecule has 0 saturated heterocycles. The van der Waals surface area contributed by atoms with Crippen molar-refractivity contribution < 1.29 is 9.21 Å². The molecule has 26 heavy (non-hydrogen) atoms. The number of nitrogens with zero attached hydrogens (tertiary/aromatic N) is 3. The Morgan fingerprint density at radius 3 is 2.85 bits per heavy atom. The number of aromatic nitrogens is 3. The number of carbonyl (C=O) groups is 1. The van der Waals surface area contributed by atoms with Crippen molar-refractivity contribution in [1.82, 2.24) is 20.1 Å². The molecule has 142 valence electrons. The topological polar surface area (TPSA) is 72.9 Å². The van der Waals surface area contributed by atoms with E-state index in [1.807, 2.05) is 31.5 Å². The van der Waals surface area contributed by atoms with Gasteiger partial charge in [0.25, 0.3) is 0 Å². The third kappa shape index (κ3) is 3.82. The minimum Gasteiger partial charge on any atom is -0.469 e. The minimum absolute atomic E-state index is 0.0741. The molecule has 3 rings (SSSR count). The number of hydrogen-bond donors (Lipinski definition) is 1. The van der Waals surface area contributed by atoms with Gasteiger partial charge in [0.15, 0.2) is 11.0 Å². The molecule has 1 aliphatic rings. The lowest BCUT2D eigenvalue weighted by molar-refractivity contribution is -0.121. The van der Waals surface area contributed by atoms with E-state index < -0.39 is 0 Å². The zero-order valence-corrected chi connectivity index (χ0v) is 17.0. The third-order valence-electron chi connectivity index (χ3n) is 5.62. The Kier molecular flexibility index (Phi) is 5.75. The smallest absolute Gasteiger partial charge is 0.233 e. The van der Waals surface area contributed by atoms with Crippen molar-refractivity contribution in [3.63, 3.8) is 0 Å². The van der Waals surface area contributed by atoms with E-state index in [-0.39, 0.29) is 17.2 Å². The second-order valence-corrected chi connectivity index (χ2v) is 8.71. The fourth-order valence-corrected chi connectivity index (χ4v) is 4.39. The zero-order valence-electron chi connectivity index (χ0n) is 16.2. The average Bonchev–Trinajstić information content (AvgIpc) is 3.18. The summed E-state index contributed by atoms with van der Waals surface area (Å²) >= 11 is 1.44. The van der Waals surface area contributed by atoms with Crippen LogP contribution in [0.15, 0.2) is 21.9 Å². The molecular weight excluding hydrogens is 348 g/mol. The molecule has 1 fully saturated rings. The molecule has 0 bridgehead atoms. The number of rotatable bonds is 5. The van der Waals surface area contributed by atoms with Crippen molar-refractivity contribution in [2.75, 3.05) is 0 Å². The van der Waals surface area contributed by atoms with Gasteiger partial charge >= 0.3 is 0 Å². The minimum atomic E-state index is -0.222. The maximum absolute atomic E-state index is 12.7. The van der Waals surface area contributed by atoms with Gasteiger partial charge in [-0.25, -0.2) is 0 Å². The standard InChI is InChI=1S/C19H28N4O2S/c1-11-7-6-8-16(12(11)2)20-18(24)14(4)26-19-22-21-17(23(19)5)15-9-10-25-13(15)3/h9-12,14,16H,6-8H2,1-5H3,(H,20,24)/t11-,12-,14-,16-/m0/s1. The number of nitrogens with one attached hydrogen (secondary N) is 1. The molecule has 2 heterocycles. The largest absolute Gasteiger partial charge is 0.469 e. The lowest BCUT2D eigenvalue weighted by atomic mass is 9.78. The van der Waals surface area contributed by atoms with Crippen molar-refractivity contribution in [3.8, 4) is 11.4 Å². The first-order chi connectivity index (χ1) is 12.4. The van der Waals surface area contributed by atoms with Gasteiger partial charge in [-0.05, 0) is 38.2 Å². The third-order valence-corrected chi connectivity index (χ3v) is 6.75. The van der Waals surface area contributed by atoms with E-state index in [1.165, 1.54) is 24.6 Å². The highest BCUT2D eigenvalue weighted by molar-refractivity contribution is 8.00. The highest BCUT2D eigenvalue weighted by atomic mass is 32.2. The summed E-state index contributed by atoms with van der Waals surface area (Å²) in [5, 5.41) is 12.3. The molecule has 1 N–H and O–H groups in total. The van der Waals surface area contributed by atoms with Crippen LogP contribution >= 0.6 is 11.8 Å². The number of carbonyl (C=O) groups excluding carboxylic acids is 1. The number of hydrogen-bond acceptors (Lipinski definition) is 5. The van der Waals surface area contributed by atoms with Crippen LogP contribution in [0, 0.1) is 18.8 Å². The molecular formula is C19H28N4O2S. The summed E-state index contributed by atoms with van der Waals surface area (Å²) in [7, 11) is 1.92. The molecule has 2 aromatic heterocycles. The molecule has 1 aliphatic carbocycles. The van der Waals surface area contributed by atoms with Gasteiger partial charge in [0, 0.05) is 13.1 Å². The first-order valence-electron chi connectivity index (χ1n) is 9.29. The van der Waals surface area contributed by atoms with Gasteiger partial charge in [-0.3, -0.25) is 4.79 Å². The van der Waals surface area contributed by atoms with Gasteiger partial charge in [-0.15, -0.1) is 10.2 Å². The van der Waals surface area contributed by atoms with Crippen LogP contribution in [0.5, 0.6) is 0 Å². The average molecular weight is 377 g/mol. The van der Waals surface area contributed by atoms with Crippen LogP contribution in [0.3, 0.4) is 0 Å². The number of aryl methyl sites for hydroxylation is 1. The van der Waals surface area contributed by atoms with Gasteiger partial charge < -0.3 is 14.3 Å². The Morgan fingerprint density at radius 1 is 1.38 bits per heavy atom. The summed E-state index contributed by atoms with van der Waals surface area (Å²) in [5.74, 6) is 2.82. The summed E-state index contributed by atoms with van der Waals surface area (Å²) in [6, 6.07) is 2.16. The first-order valence-corrected chi connectivity index (χ1v) is 10.2. The van der Waals surface area contributed by atoms with Crippen molar-refractivity contribution in [2.45, 2.75) is 63.4 Å². The quantitative estimate of drug-likeness (QED) is 0.804. The Hall–Kier alpha value is -1.76. The van der Waals surface area contributed by atoms with Gasteiger partial charge in [0.1, 0.15) is 5.76 Å². The molecule has 1 amide bonds. The molecule has 1 saturated carbocycles. The van der Waals surface area contributed by atoms with E-state index in [0.717, 1.165) is 28.7 Å². The zero-order chi connectivity index (χ0) is 18.8. The normalized spacial score (nSPS) is 24.4. The lowest BCUT2D eigenvalue weighted by Crippen LogP contribution is -2.46. The van der Waals surface area contributed by atoms with E-state index >= 15 is 0 Å². The Bertz CT molecular complexity index is 769. The van der Waals surface area contributed by atoms with Crippen LogP contribution in [0.4, 0.5) is 0 Å². The lowest BCUT2D eigenvalue weighted by Gasteiger charge is -2.35. The van der Waals surface area contributed by atoms with Crippen molar-refractivity contribution in [1.29, 1.82) is 0 Å². The maximum atomic E-state index is 12.7.